The van der Waals surface area contributed by atoms with Crippen LogP contribution in [0.3, 0.4) is 0 Å². The minimum atomic E-state index is 0.551. The third-order valence-electron chi connectivity index (χ3n) is 3.46. The zero-order valence-electron chi connectivity index (χ0n) is 10.4. The smallest absolute Gasteiger partial charge is 0.0945 e. The molecule has 0 aliphatic heterocycles. The summed E-state index contributed by atoms with van der Waals surface area (Å²) >= 11 is 0. The molecular weight excluding hydrogens is 184 g/mol. The Kier molecular flexibility index (Phi) is 4.86. The lowest BCUT2D eigenvalue weighted by atomic mass is 9.79. The van der Waals surface area contributed by atoms with Gasteiger partial charge in [-0.05, 0) is 24.7 Å². The van der Waals surface area contributed by atoms with E-state index in [0.29, 0.717) is 5.41 Å². The van der Waals surface area contributed by atoms with Crippen molar-refractivity contribution in [3.63, 3.8) is 0 Å². The Labute approximate surface area is 93.7 Å². The predicted octanol–water partition coefficient (Wildman–Crippen LogP) is 3.88. The minimum Gasteiger partial charge on any atom is -0.337 e. The van der Waals surface area contributed by atoms with Crippen molar-refractivity contribution in [3.05, 3.63) is 18.7 Å². The number of aryl methyl sites for hydroxylation is 1. The minimum absolute atomic E-state index is 0.551. The number of nitrogens with zero attached hydrogens (tertiary/aromatic N) is 2. The summed E-state index contributed by atoms with van der Waals surface area (Å²) in [5, 5.41) is 0. The molecule has 0 saturated carbocycles. The Morgan fingerprint density at radius 2 is 2.07 bits per heavy atom. The lowest BCUT2D eigenvalue weighted by molar-refractivity contribution is 0.246. The highest BCUT2D eigenvalue weighted by Crippen LogP contribution is 2.32. The number of imidazole rings is 1. The summed E-state index contributed by atoms with van der Waals surface area (Å²) in [7, 11) is 0. The van der Waals surface area contributed by atoms with E-state index >= 15 is 0 Å². The van der Waals surface area contributed by atoms with E-state index in [1.54, 1.807) is 0 Å². The van der Waals surface area contributed by atoms with Crippen LogP contribution in [0.15, 0.2) is 18.7 Å². The Bertz CT molecular complexity index is 254. The molecule has 1 unspecified atom stereocenters. The Morgan fingerprint density at radius 3 is 2.60 bits per heavy atom. The van der Waals surface area contributed by atoms with E-state index in [0.717, 1.165) is 6.54 Å². The fourth-order valence-electron chi connectivity index (χ4n) is 2.19. The summed E-state index contributed by atoms with van der Waals surface area (Å²) in [6.07, 6.45) is 12.3. The number of aromatic nitrogens is 2. The first kappa shape index (κ1) is 12.3. The summed E-state index contributed by atoms with van der Waals surface area (Å²) in [5.41, 5.74) is 0.551. The summed E-state index contributed by atoms with van der Waals surface area (Å²) < 4.78 is 2.17. The second-order valence-electron chi connectivity index (χ2n) is 4.82. The van der Waals surface area contributed by atoms with E-state index in [-0.39, 0.29) is 0 Å². The van der Waals surface area contributed by atoms with Gasteiger partial charge in [0.15, 0.2) is 0 Å². The van der Waals surface area contributed by atoms with E-state index in [2.05, 4.69) is 30.3 Å². The van der Waals surface area contributed by atoms with Gasteiger partial charge in [-0.3, -0.25) is 0 Å². The van der Waals surface area contributed by atoms with Crippen LogP contribution in [0.1, 0.15) is 52.9 Å². The third-order valence-corrected chi connectivity index (χ3v) is 3.46. The van der Waals surface area contributed by atoms with Gasteiger partial charge in [0.25, 0.3) is 0 Å². The molecule has 0 fully saturated rings. The van der Waals surface area contributed by atoms with Crippen molar-refractivity contribution < 1.29 is 0 Å². The van der Waals surface area contributed by atoms with Crippen LogP contribution in [0, 0.1) is 5.41 Å². The molecule has 86 valence electrons. The fraction of sp³-hybridized carbons (Fsp3) is 0.769. The van der Waals surface area contributed by atoms with Gasteiger partial charge in [0.2, 0.25) is 0 Å². The van der Waals surface area contributed by atoms with Crippen LogP contribution in [0.4, 0.5) is 0 Å². The lowest BCUT2D eigenvalue weighted by Gasteiger charge is -2.27. The summed E-state index contributed by atoms with van der Waals surface area (Å²) in [5.74, 6) is 0. The third kappa shape index (κ3) is 4.06. The van der Waals surface area contributed by atoms with E-state index in [4.69, 9.17) is 0 Å². The van der Waals surface area contributed by atoms with Gasteiger partial charge in [-0.2, -0.15) is 0 Å². The van der Waals surface area contributed by atoms with Gasteiger partial charge in [-0.15, -0.1) is 0 Å². The zero-order valence-corrected chi connectivity index (χ0v) is 10.4. The first-order chi connectivity index (χ1) is 7.20. The standard InChI is InChI=1S/C13H24N2/c1-4-7-13(3,5-2)8-6-10-15-11-9-14-12-15/h9,11-12H,4-8,10H2,1-3H3. The highest BCUT2D eigenvalue weighted by atomic mass is 15.0. The Morgan fingerprint density at radius 1 is 1.27 bits per heavy atom. The number of hydrogen-bond acceptors (Lipinski definition) is 1. The van der Waals surface area contributed by atoms with Crippen LogP contribution in [0.25, 0.3) is 0 Å². The molecule has 1 atom stereocenters. The van der Waals surface area contributed by atoms with Gasteiger partial charge in [0.1, 0.15) is 0 Å². The van der Waals surface area contributed by atoms with Gasteiger partial charge in [0.05, 0.1) is 6.33 Å². The molecule has 0 aliphatic rings. The van der Waals surface area contributed by atoms with Gasteiger partial charge < -0.3 is 4.57 Å². The molecule has 1 aromatic heterocycles. The normalized spacial score (nSPS) is 15.1. The number of hydrogen-bond donors (Lipinski definition) is 0. The predicted molar refractivity (Wildman–Crippen MR) is 64.8 cm³/mol. The quantitative estimate of drug-likeness (QED) is 0.665. The molecule has 1 rings (SSSR count). The average Bonchev–Trinajstić information content (AvgIpc) is 2.71. The highest BCUT2D eigenvalue weighted by Gasteiger charge is 2.19. The van der Waals surface area contributed by atoms with E-state index < -0.39 is 0 Å². The summed E-state index contributed by atoms with van der Waals surface area (Å²) in [6.45, 7) is 8.13. The molecule has 2 nitrogen and oxygen atoms in total. The molecule has 2 heteroatoms. The van der Waals surface area contributed by atoms with E-state index in [1.807, 2.05) is 18.7 Å². The molecule has 1 heterocycles. The second kappa shape index (κ2) is 5.94. The maximum absolute atomic E-state index is 4.06. The SMILES string of the molecule is CCCC(C)(CC)CCCn1ccnc1. The van der Waals surface area contributed by atoms with Crippen LogP contribution in [-0.2, 0) is 6.54 Å². The maximum atomic E-state index is 4.06. The van der Waals surface area contributed by atoms with Crippen molar-refractivity contribution in [2.45, 2.75) is 59.4 Å². The van der Waals surface area contributed by atoms with E-state index in [9.17, 15) is 0 Å². The van der Waals surface area contributed by atoms with Crippen molar-refractivity contribution in [1.82, 2.24) is 9.55 Å². The van der Waals surface area contributed by atoms with Crippen molar-refractivity contribution in [2.75, 3.05) is 0 Å². The largest absolute Gasteiger partial charge is 0.337 e. The van der Waals surface area contributed by atoms with Gasteiger partial charge in [-0.1, -0.05) is 33.6 Å². The van der Waals surface area contributed by atoms with E-state index in [1.165, 1.54) is 32.1 Å². The molecule has 0 amide bonds. The Hall–Kier alpha value is -0.790. The topological polar surface area (TPSA) is 17.8 Å². The molecule has 0 aromatic carbocycles. The van der Waals surface area contributed by atoms with Crippen LogP contribution in [0.2, 0.25) is 0 Å². The molecule has 0 N–H and O–H groups in total. The lowest BCUT2D eigenvalue weighted by Crippen LogP contribution is -2.15. The van der Waals surface area contributed by atoms with Crippen LogP contribution in [0.5, 0.6) is 0 Å². The van der Waals surface area contributed by atoms with Crippen molar-refractivity contribution in [1.29, 1.82) is 0 Å². The molecule has 1 aromatic rings. The molecule has 0 bridgehead atoms. The second-order valence-corrected chi connectivity index (χ2v) is 4.82. The molecule has 0 aliphatic carbocycles. The average molecular weight is 208 g/mol. The van der Waals surface area contributed by atoms with Gasteiger partial charge >= 0.3 is 0 Å². The number of rotatable bonds is 7. The monoisotopic (exact) mass is 208 g/mol. The molecule has 0 spiro atoms. The van der Waals surface area contributed by atoms with Crippen molar-refractivity contribution >= 4 is 0 Å². The first-order valence-electron chi connectivity index (χ1n) is 6.16. The van der Waals surface area contributed by atoms with Gasteiger partial charge in [-0.25, -0.2) is 4.98 Å². The van der Waals surface area contributed by atoms with Crippen molar-refractivity contribution in [3.8, 4) is 0 Å². The molecular formula is C13H24N2. The van der Waals surface area contributed by atoms with Crippen molar-refractivity contribution in [2.24, 2.45) is 5.41 Å². The summed E-state index contributed by atoms with van der Waals surface area (Å²) in [6, 6.07) is 0. The summed E-state index contributed by atoms with van der Waals surface area (Å²) in [4.78, 5) is 4.06. The highest BCUT2D eigenvalue weighted by molar-refractivity contribution is 4.76. The molecule has 0 radical (unpaired) electrons. The fourth-order valence-corrected chi connectivity index (χ4v) is 2.19. The Balaban J connectivity index is 2.28. The maximum Gasteiger partial charge on any atom is 0.0945 e. The molecule has 0 saturated heterocycles. The molecule has 15 heavy (non-hydrogen) atoms. The van der Waals surface area contributed by atoms with Gasteiger partial charge in [0, 0.05) is 18.9 Å². The first-order valence-corrected chi connectivity index (χ1v) is 6.16. The van der Waals surface area contributed by atoms with Crippen LogP contribution >= 0.6 is 0 Å². The van der Waals surface area contributed by atoms with Crippen LogP contribution < -0.4 is 0 Å². The zero-order chi connectivity index (χ0) is 11.1. The van der Waals surface area contributed by atoms with Crippen LogP contribution in [-0.4, -0.2) is 9.55 Å².